The Balaban J connectivity index is 2.42. The highest BCUT2D eigenvalue weighted by Gasteiger charge is 2.08. The molecule has 1 rings (SSSR count). The first-order valence-corrected chi connectivity index (χ1v) is 6.31. The predicted molar refractivity (Wildman–Crippen MR) is 70.8 cm³/mol. The van der Waals surface area contributed by atoms with E-state index in [-0.39, 0.29) is 12.5 Å². The van der Waals surface area contributed by atoms with Gasteiger partial charge in [0.1, 0.15) is 5.75 Å². The van der Waals surface area contributed by atoms with Crippen LogP contribution in [0.25, 0.3) is 0 Å². The molecular formula is C14H21NO3. The Labute approximate surface area is 108 Å². The Morgan fingerprint density at radius 2 is 2.06 bits per heavy atom. The second kappa shape index (κ2) is 7.71. The van der Waals surface area contributed by atoms with Gasteiger partial charge in [-0.1, -0.05) is 25.5 Å². The lowest BCUT2D eigenvalue weighted by atomic mass is 10.0. The second-order valence-electron chi connectivity index (χ2n) is 4.41. The summed E-state index contributed by atoms with van der Waals surface area (Å²) in [5, 5.41) is 8.63. The van der Waals surface area contributed by atoms with E-state index in [1.165, 1.54) is 0 Å². The molecule has 1 aromatic rings. The normalized spacial score (nSPS) is 12.1. The van der Waals surface area contributed by atoms with Crippen LogP contribution in [0, 0.1) is 0 Å². The van der Waals surface area contributed by atoms with Crippen molar-refractivity contribution in [3.05, 3.63) is 29.8 Å². The number of carboxylic acids is 1. The molecule has 0 unspecified atom stereocenters. The van der Waals surface area contributed by atoms with Gasteiger partial charge in [0.25, 0.3) is 0 Å². The predicted octanol–water partition coefficient (Wildman–Crippen LogP) is 2.21. The summed E-state index contributed by atoms with van der Waals surface area (Å²) in [5.74, 6) is -0.0129. The molecule has 0 spiro atoms. The van der Waals surface area contributed by atoms with Crippen molar-refractivity contribution in [3.8, 4) is 5.75 Å². The van der Waals surface area contributed by atoms with Gasteiger partial charge >= 0.3 is 5.97 Å². The van der Waals surface area contributed by atoms with Gasteiger partial charge < -0.3 is 15.6 Å². The number of rotatable bonds is 8. The molecule has 4 heteroatoms. The zero-order valence-corrected chi connectivity index (χ0v) is 10.8. The Kier molecular flexibility index (Phi) is 6.22. The van der Waals surface area contributed by atoms with Gasteiger partial charge in [-0.25, -0.2) is 0 Å². The molecular weight excluding hydrogens is 230 g/mol. The van der Waals surface area contributed by atoms with Crippen LogP contribution in [0.4, 0.5) is 0 Å². The average Bonchev–Trinajstić information content (AvgIpc) is 2.30. The molecule has 18 heavy (non-hydrogen) atoms. The second-order valence-corrected chi connectivity index (χ2v) is 4.41. The van der Waals surface area contributed by atoms with E-state index in [0.29, 0.717) is 6.42 Å². The number of nitrogens with two attached hydrogens (primary N) is 1. The molecule has 0 aliphatic rings. The monoisotopic (exact) mass is 251 g/mol. The highest BCUT2D eigenvalue weighted by atomic mass is 16.5. The van der Waals surface area contributed by atoms with Gasteiger partial charge in [0.05, 0.1) is 13.0 Å². The fourth-order valence-electron chi connectivity index (χ4n) is 1.66. The summed E-state index contributed by atoms with van der Waals surface area (Å²) in [6, 6.07) is 7.33. The highest BCUT2D eigenvalue weighted by molar-refractivity contribution is 5.67. The van der Waals surface area contributed by atoms with E-state index in [0.717, 1.165) is 30.8 Å². The van der Waals surface area contributed by atoms with Crippen molar-refractivity contribution in [1.82, 2.24) is 0 Å². The highest BCUT2D eigenvalue weighted by Crippen LogP contribution is 2.14. The average molecular weight is 251 g/mol. The molecule has 0 aliphatic carbocycles. The molecule has 0 aromatic heterocycles. The van der Waals surface area contributed by atoms with E-state index in [1.54, 1.807) is 0 Å². The zero-order chi connectivity index (χ0) is 13.4. The molecule has 100 valence electrons. The van der Waals surface area contributed by atoms with Crippen molar-refractivity contribution in [1.29, 1.82) is 0 Å². The molecule has 0 bridgehead atoms. The Morgan fingerprint density at radius 1 is 1.39 bits per heavy atom. The molecule has 0 aliphatic heterocycles. The van der Waals surface area contributed by atoms with Crippen LogP contribution < -0.4 is 10.5 Å². The molecule has 3 N–H and O–H groups in total. The van der Waals surface area contributed by atoms with E-state index < -0.39 is 5.97 Å². The molecule has 0 saturated carbocycles. The Bertz CT molecular complexity index is 362. The number of unbranched alkanes of at least 4 members (excludes halogenated alkanes) is 1. The first-order valence-electron chi connectivity index (χ1n) is 6.31. The molecule has 1 atom stereocenters. The van der Waals surface area contributed by atoms with Crippen LogP contribution in [0.5, 0.6) is 5.75 Å². The minimum Gasteiger partial charge on any atom is -0.494 e. The van der Waals surface area contributed by atoms with Crippen LogP contribution in [0.2, 0.25) is 0 Å². The lowest BCUT2D eigenvalue weighted by molar-refractivity contribution is -0.137. The number of ether oxygens (including phenoxy) is 1. The van der Waals surface area contributed by atoms with Crippen molar-refractivity contribution >= 4 is 5.97 Å². The van der Waals surface area contributed by atoms with E-state index in [4.69, 9.17) is 15.6 Å². The van der Waals surface area contributed by atoms with Crippen molar-refractivity contribution < 1.29 is 14.6 Å². The Hall–Kier alpha value is -1.55. The minimum atomic E-state index is -0.859. The maximum Gasteiger partial charge on any atom is 0.304 e. The third kappa shape index (κ3) is 5.68. The molecule has 4 nitrogen and oxygen atoms in total. The molecule has 1 aromatic carbocycles. The topological polar surface area (TPSA) is 72.5 Å². The summed E-state index contributed by atoms with van der Waals surface area (Å²) < 4.78 is 5.55. The van der Waals surface area contributed by atoms with Crippen LogP contribution in [0.1, 0.15) is 31.7 Å². The molecule has 0 heterocycles. The van der Waals surface area contributed by atoms with Gasteiger partial charge in [-0.05, 0) is 30.5 Å². The van der Waals surface area contributed by atoms with Crippen molar-refractivity contribution in [3.63, 3.8) is 0 Å². The maximum atomic E-state index is 10.5. The third-order valence-corrected chi connectivity index (χ3v) is 2.62. The molecule has 0 radical (unpaired) electrons. The van der Waals surface area contributed by atoms with Crippen LogP contribution in [0.3, 0.4) is 0 Å². The fraction of sp³-hybridized carbons (Fsp3) is 0.500. The number of benzene rings is 1. The van der Waals surface area contributed by atoms with Crippen LogP contribution in [-0.4, -0.2) is 23.7 Å². The Morgan fingerprint density at radius 3 is 2.61 bits per heavy atom. The first kappa shape index (κ1) is 14.5. The van der Waals surface area contributed by atoms with Gasteiger partial charge in [0.15, 0.2) is 0 Å². The van der Waals surface area contributed by atoms with Crippen molar-refractivity contribution in [2.75, 3.05) is 6.61 Å². The van der Waals surface area contributed by atoms with Crippen LogP contribution >= 0.6 is 0 Å². The lowest BCUT2D eigenvalue weighted by Gasteiger charge is -2.10. The summed E-state index contributed by atoms with van der Waals surface area (Å²) in [6.07, 6.45) is 2.73. The van der Waals surface area contributed by atoms with Gasteiger partial charge in [0, 0.05) is 6.04 Å². The number of hydrogen-bond acceptors (Lipinski definition) is 3. The van der Waals surface area contributed by atoms with Gasteiger partial charge in [-0.3, -0.25) is 4.79 Å². The fourth-order valence-corrected chi connectivity index (χ4v) is 1.66. The van der Waals surface area contributed by atoms with Crippen LogP contribution in [0.15, 0.2) is 24.3 Å². The summed E-state index contributed by atoms with van der Waals surface area (Å²) in [6.45, 7) is 2.85. The standard InChI is InChI=1S/C14H21NO3/c1-2-3-8-18-13-6-4-11(5-7-13)9-12(15)10-14(16)17/h4-7,12H,2-3,8-10,15H2,1H3,(H,16,17)/t12-/m0/s1. The van der Waals surface area contributed by atoms with Gasteiger partial charge in [0.2, 0.25) is 0 Å². The first-order chi connectivity index (χ1) is 8.61. The van der Waals surface area contributed by atoms with Gasteiger partial charge in [-0.15, -0.1) is 0 Å². The van der Waals surface area contributed by atoms with E-state index in [2.05, 4.69) is 6.92 Å². The molecule has 0 fully saturated rings. The van der Waals surface area contributed by atoms with Crippen LogP contribution in [-0.2, 0) is 11.2 Å². The molecule has 0 amide bonds. The largest absolute Gasteiger partial charge is 0.494 e. The number of aliphatic carboxylic acids is 1. The van der Waals surface area contributed by atoms with E-state index in [9.17, 15) is 4.79 Å². The van der Waals surface area contributed by atoms with E-state index >= 15 is 0 Å². The smallest absolute Gasteiger partial charge is 0.304 e. The number of carboxylic acid groups (broad SMARTS) is 1. The summed E-state index contributed by atoms with van der Waals surface area (Å²) in [4.78, 5) is 10.5. The SMILES string of the molecule is CCCCOc1ccc(C[C@H](N)CC(=O)O)cc1. The minimum absolute atomic E-state index is 0.00521. The zero-order valence-electron chi connectivity index (χ0n) is 10.8. The summed E-state index contributed by atoms with van der Waals surface area (Å²) in [7, 11) is 0. The maximum absolute atomic E-state index is 10.5. The third-order valence-electron chi connectivity index (χ3n) is 2.62. The lowest BCUT2D eigenvalue weighted by Crippen LogP contribution is -2.26. The van der Waals surface area contributed by atoms with Crippen molar-refractivity contribution in [2.45, 2.75) is 38.6 Å². The quantitative estimate of drug-likeness (QED) is 0.695. The van der Waals surface area contributed by atoms with Gasteiger partial charge in [-0.2, -0.15) is 0 Å². The molecule has 0 saturated heterocycles. The van der Waals surface area contributed by atoms with Crippen molar-refractivity contribution in [2.24, 2.45) is 5.73 Å². The number of hydrogen-bond donors (Lipinski definition) is 2. The number of carbonyl (C=O) groups is 1. The summed E-state index contributed by atoms with van der Waals surface area (Å²) >= 11 is 0. The van der Waals surface area contributed by atoms with E-state index in [1.807, 2.05) is 24.3 Å². The summed E-state index contributed by atoms with van der Waals surface area (Å²) in [5.41, 5.74) is 6.76.